The van der Waals surface area contributed by atoms with E-state index in [4.69, 9.17) is 0 Å². The van der Waals surface area contributed by atoms with Gasteiger partial charge in [-0.1, -0.05) is 52.0 Å². The van der Waals surface area contributed by atoms with Gasteiger partial charge in [0, 0.05) is 6.42 Å². The molecule has 0 radical (unpaired) electrons. The predicted octanol–water partition coefficient (Wildman–Crippen LogP) is 4.36. The first-order chi connectivity index (χ1) is 7.80. The first-order valence-electron chi connectivity index (χ1n) is 6.38. The largest absolute Gasteiger partial charge is 0.300 e. The van der Waals surface area contributed by atoms with Crippen molar-refractivity contribution in [2.75, 3.05) is 0 Å². The maximum Gasteiger partial charge on any atom is 0.130 e. The summed E-state index contributed by atoms with van der Waals surface area (Å²) in [6.45, 7) is 10.4. The number of rotatable bonds is 5. The normalized spacial score (nSPS) is 11.9. The van der Waals surface area contributed by atoms with Gasteiger partial charge in [-0.05, 0) is 35.8 Å². The molecule has 0 atom stereocenters. The topological polar surface area (TPSA) is 17.1 Å². The van der Waals surface area contributed by atoms with E-state index in [9.17, 15) is 4.79 Å². The molecule has 0 fully saturated rings. The highest BCUT2D eigenvalue weighted by atomic mass is 16.1. The summed E-state index contributed by atoms with van der Waals surface area (Å²) in [5.74, 6) is 0.850. The Morgan fingerprint density at radius 3 is 2.12 bits per heavy atom. The third-order valence-electron chi connectivity index (χ3n) is 3.06. The first-order valence-corrected chi connectivity index (χ1v) is 6.38. The van der Waals surface area contributed by atoms with Gasteiger partial charge in [0.15, 0.2) is 0 Å². The molecule has 1 aromatic carbocycles. The summed E-state index contributed by atoms with van der Waals surface area (Å²) in [5, 5.41) is 0. The maximum atomic E-state index is 11.2. The molecule has 17 heavy (non-hydrogen) atoms. The Hall–Kier alpha value is -1.11. The number of ketones is 1. The second-order valence-electron chi connectivity index (χ2n) is 6.12. The Labute approximate surface area is 105 Å². The molecule has 0 heterocycles. The number of carbonyl (C=O) groups excluding carboxylic acids is 1. The lowest BCUT2D eigenvalue weighted by molar-refractivity contribution is -0.118. The second kappa shape index (κ2) is 5.48. The lowest BCUT2D eigenvalue weighted by Gasteiger charge is -2.23. The molecule has 0 amide bonds. The number of benzene rings is 1. The second-order valence-corrected chi connectivity index (χ2v) is 6.12. The molecular weight excluding hydrogens is 208 g/mol. The third-order valence-corrected chi connectivity index (χ3v) is 3.06. The lowest BCUT2D eigenvalue weighted by Crippen LogP contribution is -2.18. The van der Waals surface area contributed by atoms with Crippen LogP contribution in [-0.4, -0.2) is 5.78 Å². The minimum atomic E-state index is 0.0607. The highest BCUT2D eigenvalue weighted by Gasteiger charge is 2.20. The van der Waals surface area contributed by atoms with Crippen LogP contribution in [0, 0.1) is 5.41 Å². The maximum absolute atomic E-state index is 11.2. The number of hydrogen-bond acceptors (Lipinski definition) is 1. The monoisotopic (exact) mass is 232 g/mol. The molecule has 0 saturated heterocycles. The molecule has 0 unspecified atom stereocenters. The summed E-state index contributed by atoms with van der Waals surface area (Å²) in [6.07, 6.45) is 1.61. The van der Waals surface area contributed by atoms with Crippen LogP contribution in [0.5, 0.6) is 0 Å². The highest BCUT2D eigenvalue weighted by molar-refractivity contribution is 5.76. The predicted molar refractivity (Wildman–Crippen MR) is 73.3 cm³/mol. The molecule has 0 aliphatic carbocycles. The van der Waals surface area contributed by atoms with Crippen LogP contribution in [0.15, 0.2) is 24.3 Å². The van der Waals surface area contributed by atoms with E-state index in [0.29, 0.717) is 12.3 Å². The summed E-state index contributed by atoms with van der Waals surface area (Å²) in [4.78, 5) is 11.2. The Morgan fingerprint density at radius 1 is 1.18 bits per heavy atom. The van der Waals surface area contributed by atoms with E-state index >= 15 is 0 Å². The SMILES string of the molecule is CC(=O)CC(C)(C)Cc1ccc(C(C)C)cc1. The van der Waals surface area contributed by atoms with Crippen molar-refractivity contribution in [3.8, 4) is 0 Å². The standard InChI is InChI=1S/C16H24O/c1-12(2)15-8-6-14(7-9-15)11-16(4,5)10-13(3)17/h6-9,12H,10-11H2,1-5H3. The van der Waals surface area contributed by atoms with Crippen molar-refractivity contribution >= 4 is 5.78 Å². The number of Topliss-reactive ketones (excluding diaryl/α,β-unsaturated/α-hetero) is 1. The van der Waals surface area contributed by atoms with E-state index in [1.807, 2.05) is 0 Å². The van der Waals surface area contributed by atoms with Crippen LogP contribution in [0.2, 0.25) is 0 Å². The highest BCUT2D eigenvalue weighted by Crippen LogP contribution is 2.27. The molecule has 1 rings (SSSR count). The van der Waals surface area contributed by atoms with Gasteiger partial charge >= 0.3 is 0 Å². The molecule has 0 spiro atoms. The van der Waals surface area contributed by atoms with Gasteiger partial charge in [0.2, 0.25) is 0 Å². The van der Waals surface area contributed by atoms with Crippen LogP contribution in [0.3, 0.4) is 0 Å². The first kappa shape index (κ1) is 14.0. The zero-order valence-corrected chi connectivity index (χ0v) is 11.7. The van der Waals surface area contributed by atoms with Gasteiger partial charge in [-0.3, -0.25) is 0 Å². The van der Waals surface area contributed by atoms with Crippen molar-refractivity contribution in [1.82, 2.24) is 0 Å². The molecule has 0 N–H and O–H groups in total. The molecule has 0 aliphatic rings. The fourth-order valence-corrected chi connectivity index (χ4v) is 2.31. The van der Waals surface area contributed by atoms with Crippen molar-refractivity contribution < 1.29 is 4.79 Å². The molecule has 0 aliphatic heterocycles. The van der Waals surface area contributed by atoms with Crippen LogP contribution in [0.1, 0.15) is 58.1 Å². The van der Waals surface area contributed by atoms with Crippen molar-refractivity contribution in [2.45, 2.75) is 53.4 Å². The minimum Gasteiger partial charge on any atom is -0.300 e. The average Bonchev–Trinajstić information content (AvgIpc) is 2.15. The number of carbonyl (C=O) groups is 1. The van der Waals surface area contributed by atoms with Crippen LogP contribution in [0.25, 0.3) is 0 Å². The summed E-state index contributed by atoms with van der Waals surface area (Å²) in [6, 6.07) is 8.78. The molecule has 1 aromatic rings. The molecule has 0 saturated carbocycles. The van der Waals surface area contributed by atoms with Crippen LogP contribution in [-0.2, 0) is 11.2 Å². The summed E-state index contributed by atoms with van der Waals surface area (Å²) < 4.78 is 0. The van der Waals surface area contributed by atoms with E-state index in [-0.39, 0.29) is 11.2 Å². The zero-order valence-electron chi connectivity index (χ0n) is 11.7. The number of hydrogen-bond donors (Lipinski definition) is 0. The molecule has 0 aromatic heterocycles. The summed E-state index contributed by atoms with van der Waals surface area (Å²) in [5.41, 5.74) is 2.75. The molecule has 1 heteroatoms. The van der Waals surface area contributed by atoms with Gasteiger partial charge in [0.05, 0.1) is 0 Å². The minimum absolute atomic E-state index is 0.0607. The summed E-state index contributed by atoms with van der Waals surface area (Å²) in [7, 11) is 0. The zero-order chi connectivity index (χ0) is 13.1. The lowest BCUT2D eigenvalue weighted by atomic mass is 9.81. The van der Waals surface area contributed by atoms with Crippen molar-refractivity contribution in [2.24, 2.45) is 5.41 Å². The van der Waals surface area contributed by atoms with Gasteiger partial charge in [0.1, 0.15) is 5.78 Å². The average molecular weight is 232 g/mol. The van der Waals surface area contributed by atoms with E-state index in [0.717, 1.165) is 6.42 Å². The fourth-order valence-electron chi connectivity index (χ4n) is 2.31. The van der Waals surface area contributed by atoms with Gasteiger partial charge in [-0.15, -0.1) is 0 Å². The van der Waals surface area contributed by atoms with E-state index in [1.165, 1.54) is 11.1 Å². The fraction of sp³-hybridized carbons (Fsp3) is 0.562. The van der Waals surface area contributed by atoms with Gasteiger partial charge in [0.25, 0.3) is 0 Å². The van der Waals surface area contributed by atoms with E-state index in [2.05, 4.69) is 52.0 Å². The Kier molecular flexibility index (Phi) is 4.50. The molecular formula is C16H24O. The van der Waals surface area contributed by atoms with Crippen molar-refractivity contribution in [3.63, 3.8) is 0 Å². The molecule has 0 bridgehead atoms. The third kappa shape index (κ3) is 4.72. The van der Waals surface area contributed by atoms with Gasteiger partial charge in [-0.2, -0.15) is 0 Å². The van der Waals surface area contributed by atoms with Crippen molar-refractivity contribution in [1.29, 1.82) is 0 Å². The smallest absolute Gasteiger partial charge is 0.130 e. The van der Waals surface area contributed by atoms with Crippen LogP contribution >= 0.6 is 0 Å². The van der Waals surface area contributed by atoms with Gasteiger partial charge < -0.3 is 4.79 Å². The van der Waals surface area contributed by atoms with E-state index < -0.39 is 0 Å². The molecule has 1 nitrogen and oxygen atoms in total. The Balaban J connectivity index is 2.71. The van der Waals surface area contributed by atoms with Crippen molar-refractivity contribution in [3.05, 3.63) is 35.4 Å². The Morgan fingerprint density at radius 2 is 1.71 bits per heavy atom. The summed E-state index contributed by atoms with van der Waals surface area (Å²) >= 11 is 0. The van der Waals surface area contributed by atoms with Crippen LogP contribution < -0.4 is 0 Å². The Bertz CT molecular complexity index is 371. The van der Waals surface area contributed by atoms with Crippen LogP contribution in [0.4, 0.5) is 0 Å². The molecule has 94 valence electrons. The van der Waals surface area contributed by atoms with Gasteiger partial charge in [-0.25, -0.2) is 0 Å². The van der Waals surface area contributed by atoms with E-state index in [1.54, 1.807) is 6.92 Å². The quantitative estimate of drug-likeness (QED) is 0.737.